The summed E-state index contributed by atoms with van der Waals surface area (Å²) in [5.74, 6) is 0. The summed E-state index contributed by atoms with van der Waals surface area (Å²) in [4.78, 5) is 15.5. The molecule has 0 aliphatic carbocycles. The molecule has 1 atom stereocenters. The van der Waals surface area contributed by atoms with Crippen LogP contribution in [0.5, 0.6) is 0 Å². The van der Waals surface area contributed by atoms with E-state index in [1.54, 1.807) is 11.3 Å². The minimum atomic E-state index is -0.680. The van der Waals surface area contributed by atoms with Crippen LogP contribution in [0.25, 0.3) is 10.1 Å². The van der Waals surface area contributed by atoms with Gasteiger partial charge in [-0.3, -0.25) is 4.90 Å². The van der Waals surface area contributed by atoms with Crippen molar-refractivity contribution >= 4 is 27.5 Å². The standard InChI is InChI=1S/C20H29N3O2S/c1-20(2,3)23-10-8-15(9-11-23)22-19(25)21-13-16(24)18-12-14-6-4-5-7-17(14)26-18/h4-7,12,15-16,24H,8-11,13H2,1-3H3,(H2,21,22,25). The largest absolute Gasteiger partial charge is 0.386 e. The smallest absolute Gasteiger partial charge is 0.315 e. The SMILES string of the molecule is CC(C)(C)N1CCC(NC(=O)NCC(O)c2cc3ccccc3s2)CC1. The number of carbonyl (C=O) groups is 1. The number of thiophene rings is 1. The van der Waals surface area contributed by atoms with E-state index in [2.05, 4.69) is 36.3 Å². The summed E-state index contributed by atoms with van der Waals surface area (Å²) in [6.45, 7) is 8.89. The first-order valence-electron chi connectivity index (χ1n) is 9.29. The van der Waals surface area contributed by atoms with Crippen LogP contribution in [0, 0.1) is 0 Å². The molecule has 142 valence electrons. The average Bonchev–Trinajstić information content (AvgIpc) is 3.03. The highest BCUT2D eigenvalue weighted by atomic mass is 32.1. The first-order chi connectivity index (χ1) is 12.3. The van der Waals surface area contributed by atoms with Crippen LogP contribution >= 0.6 is 11.3 Å². The number of fused-ring (bicyclic) bond motifs is 1. The average molecular weight is 376 g/mol. The van der Waals surface area contributed by atoms with Crippen molar-refractivity contribution in [3.05, 3.63) is 35.2 Å². The molecule has 3 N–H and O–H groups in total. The minimum Gasteiger partial charge on any atom is -0.386 e. The molecule has 0 spiro atoms. The molecule has 3 rings (SSSR count). The first-order valence-corrected chi connectivity index (χ1v) is 10.1. The van der Waals surface area contributed by atoms with E-state index >= 15 is 0 Å². The van der Waals surface area contributed by atoms with Crippen LogP contribution in [0.15, 0.2) is 30.3 Å². The molecule has 1 aliphatic rings. The van der Waals surface area contributed by atoms with E-state index in [1.807, 2.05) is 30.3 Å². The van der Waals surface area contributed by atoms with Gasteiger partial charge in [0, 0.05) is 34.2 Å². The summed E-state index contributed by atoms with van der Waals surface area (Å²) in [6.07, 6.45) is 1.24. The lowest BCUT2D eigenvalue weighted by Crippen LogP contribution is -2.52. The van der Waals surface area contributed by atoms with Crippen molar-refractivity contribution in [1.29, 1.82) is 0 Å². The van der Waals surface area contributed by atoms with Gasteiger partial charge in [0.05, 0.1) is 6.54 Å². The van der Waals surface area contributed by atoms with Crippen LogP contribution in [0.3, 0.4) is 0 Å². The Hall–Kier alpha value is -1.63. The fourth-order valence-corrected chi connectivity index (χ4v) is 4.44. The number of nitrogens with zero attached hydrogens (tertiary/aromatic N) is 1. The third-order valence-corrected chi connectivity index (χ3v) is 6.23. The number of piperidine rings is 1. The molecule has 0 saturated carbocycles. The summed E-state index contributed by atoms with van der Waals surface area (Å²) in [5.41, 5.74) is 0.182. The molecule has 1 aliphatic heterocycles. The van der Waals surface area contributed by atoms with Gasteiger partial charge >= 0.3 is 6.03 Å². The van der Waals surface area contributed by atoms with Crippen LogP contribution in [0.1, 0.15) is 44.6 Å². The maximum absolute atomic E-state index is 12.2. The highest BCUT2D eigenvalue weighted by Crippen LogP contribution is 2.29. The molecule has 1 saturated heterocycles. The van der Waals surface area contributed by atoms with Crippen molar-refractivity contribution in [2.24, 2.45) is 0 Å². The van der Waals surface area contributed by atoms with Gasteiger partial charge in [-0.25, -0.2) is 4.79 Å². The Morgan fingerprint density at radius 3 is 2.65 bits per heavy atom. The number of urea groups is 1. The zero-order chi connectivity index (χ0) is 18.7. The number of carbonyl (C=O) groups excluding carboxylic acids is 1. The molecule has 1 fully saturated rings. The fraction of sp³-hybridized carbons (Fsp3) is 0.550. The number of hydrogen-bond donors (Lipinski definition) is 3. The van der Waals surface area contributed by atoms with Crippen molar-refractivity contribution in [2.45, 2.75) is 51.3 Å². The monoisotopic (exact) mass is 375 g/mol. The maximum Gasteiger partial charge on any atom is 0.315 e. The summed E-state index contributed by atoms with van der Waals surface area (Å²) >= 11 is 1.57. The van der Waals surface area contributed by atoms with Crippen molar-refractivity contribution < 1.29 is 9.90 Å². The highest BCUT2D eigenvalue weighted by Gasteiger charge is 2.27. The predicted molar refractivity (Wildman–Crippen MR) is 108 cm³/mol. The number of rotatable bonds is 4. The lowest BCUT2D eigenvalue weighted by molar-refractivity contribution is 0.0975. The van der Waals surface area contributed by atoms with Crippen LogP contribution in [0.2, 0.25) is 0 Å². The molecule has 5 nitrogen and oxygen atoms in total. The first kappa shape index (κ1) is 19.1. The fourth-order valence-electron chi connectivity index (χ4n) is 3.39. The Morgan fingerprint density at radius 2 is 2.00 bits per heavy atom. The number of benzene rings is 1. The molecule has 2 aromatic rings. The molecule has 1 aromatic carbocycles. The number of nitrogens with one attached hydrogen (secondary N) is 2. The van der Waals surface area contributed by atoms with E-state index in [0.29, 0.717) is 0 Å². The van der Waals surface area contributed by atoms with Crippen molar-refractivity contribution in [3.63, 3.8) is 0 Å². The Balaban J connectivity index is 1.44. The molecule has 6 heteroatoms. The minimum absolute atomic E-state index is 0.182. The Kier molecular flexibility index (Phi) is 5.85. The van der Waals surface area contributed by atoms with Crippen LogP contribution in [0.4, 0.5) is 4.79 Å². The van der Waals surface area contributed by atoms with Gasteiger partial charge in [-0.1, -0.05) is 18.2 Å². The van der Waals surface area contributed by atoms with E-state index in [1.165, 1.54) is 0 Å². The summed E-state index contributed by atoms with van der Waals surface area (Å²) in [5, 5.41) is 17.3. The van der Waals surface area contributed by atoms with Gasteiger partial charge in [0.1, 0.15) is 6.10 Å². The van der Waals surface area contributed by atoms with E-state index < -0.39 is 6.10 Å². The topological polar surface area (TPSA) is 64.6 Å². The van der Waals surface area contributed by atoms with E-state index in [9.17, 15) is 9.90 Å². The van der Waals surface area contributed by atoms with Gasteiger partial charge in [0.2, 0.25) is 0 Å². The normalized spacial score (nSPS) is 18.0. The zero-order valence-corrected chi connectivity index (χ0v) is 16.6. The van der Waals surface area contributed by atoms with Gasteiger partial charge in [-0.15, -0.1) is 11.3 Å². The third-order valence-electron chi connectivity index (χ3n) is 5.01. The lowest BCUT2D eigenvalue weighted by atomic mass is 9.98. The Morgan fingerprint density at radius 1 is 1.31 bits per heavy atom. The summed E-state index contributed by atoms with van der Waals surface area (Å²) in [7, 11) is 0. The Bertz CT molecular complexity index is 712. The van der Waals surface area contributed by atoms with Gasteiger partial charge < -0.3 is 15.7 Å². The molecule has 0 bridgehead atoms. The van der Waals surface area contributed by atoms with E-state index in [-0.39, 0.29) is 24.2 Å². The predicted octanol–water partition coefficient (Wildman–Crippen LogP) is 3.50. The molecule has 2 amide bonds. The summed E-state index contributed by atoms with van der Waals surface area (Å²) in [6, 6.07) is 10.1. The van der Waals surface area contributed by atoms with Crippen LogP contribution in [-0.2, 0) is 0 Å². The van der Waals surface area contributed by atoms with Gasteiger partial charge in [0.15, 0.2) is 0 Å². The highest BCUT2D eigenvalue weighted by molar-refractivity contribution is 7.19. The van der Waals surface area contributed by atoms with Crippen LogP contribution in [-0.4, -0.2) is 47.3 Å². The third kappa shape index (κ3) is 4.75. The second kappa shape index (κ2) is 7.94. The number of hydrogen-bond acceptors (Lipinski definition) is 4. The van der Waals surface area contributed by atoms with Gasteiger partial charge in [0.25, 0.3) is 0 Å². The lowest BCUT2D eigenvalue weighted by Gasteiger charge is -2.41. The maximum atomic E-state index is 12.2. The van der Waals surface area contributed by atoms with E-state index in [4.69, 9.17) is 0 Å². The second-order valence-electron chi connectivity index (χ2n) is 7.99. The molecule has 2 heterocycles. The Labute approximate surface area is 159 Å². The molecular weight excluding hydrogens is 346 g/mol. The molecular formula is C20H29N3O2S. The quantitative estimate of drug-likeness (QED) is 0.766. The van der Waals surface area contributed by atoms with Gasteiger partial charge in [-0.05, 0) is 51.1 Å². The van der Waals surface area contributed by atoms with E-state index in [0.717, 1.165) is 40.9 Å². The van der Waals surface area contributed by atoms with Crippen molar-refractivity contribution in [1.82, 2.24) is 15.5 Å². The second-order valence-corrected chi connectivity index (χ2v) is 9.10. The van der Waals surface area contributed by atoms with Crippen molar-refractivity contribution in [2.75, 3.05) is 19.6 Å². The molecule has 0 radical (unpaired) electrons. The summed E-state index contributed by atoms with van der Waals surface area (Å²) < 4.78 is 1.15. The molecule has 26 heavy (non-hydrogen) atoms. The number of aliphatic hydroxyl groups is 1. The van der Waals surface area contributed by atoms with Crippen molar-refractivity contribution in [3.8, 4) is 0 Å². The number of amides is 2. The number of aliphatic hydroxyl groups excluding tert-OH is 1. The zero-order valence-electron chi connectivity index (χ0n) is 15.8. The van der Waals surface area contributed by atoms with Gasteiger partial charge in [-0.2, -0.15) is 0 Å². The number of likely N-dealkylation sites (tertiary alicyclic amines) is 1. The van der Waals surface area contributed by atoms with Crippen LogP contribution < -0.4 is 10.6 Å². The molecule has 1 unspecified atom stereocenters. The molecule has 1 aromatic heterocycles.